The summed E-state index contributed by atoms with van der Waals surface area (Å²) in [4.78, 5) is 54.3. The number of aryl methyl sites for hydroxylation is 1. The molecule has 4 rings (SSSR count). The van der Waals surface area contributed by atoms with Crippen molar-refractivity contribution in [2.24, 2.45) is 0 Å². The highest BCUT2D eigenvalue weighted by Gasteiger charge is 2.38. The predicted molar refractivity (Wildman–Crippen MR) is 123 cm³/mol. The molecule has 9 heteroatoms. The maximum Gasteiger partial charge on any atom is 0.407 e. The van der Waals surface area contributed by atoms with E-state index in [0.29, 0.717) is 24.6 Å². The molecule has 0 bridgehead atoms. The Morgan fingerprint density at radius 2 is 1.65 bits per heavy atom. The monoisotopic (exact) mass is 463 g/mol. The molecule has 1 aromatic heterocycles. The van der Waals surface area contributed by atoms with Crippen molar-refractivity contribution in [2.75, 3.05) is 6.54 Å². The highest BCUT2D eigenvalue weighted by atomic mass is 16.7. The lowest BCUT2D eigenvalue weighted by Gasteiger charge is -2.19. The number of aromatic nitrogens is 1. The van der Waals surface area contributed by atoms with E-state index in [1.165, 1.54) is 12.1 Å². The zero-order valence-corrected chi connectivity index (χ0v) is 19.2. The van der Waals surface area contributed by atoms with Gasteiger partial charge in [-0.15, -0.1) is 0 Å². The summed E-state index contributed by atoms with van der Waals surface area (Å²) in [6.07, 6.45) is 2.12. The van der Waals surface area contributed by atoms with Gasteiger partial charge in [-0.05, 0) is 63.6 Å². The Bertz CT molecular complexity index is 1250. The number of nitrogens with zero attached hydrogens (tertiary/aromatic N) is 2. The van der Waals surface area contributed by atoms with Crippen LogP contribution in [0.15, 0.2) is 54.7 Å². The van der Waals surface area contributed by atoms with Gasteiger partial charge in [-0.3, -0.25) is 9.59 Å². The lowest BCUT2D eigenvalue weighted by Crippen LogP contribution is -2.33. The molecule has 0 saturated carbocycles. The van der Waals surface area contributed by atoms with Crippen LogP contribution in [0.4, 0.5) is 4.79 Å². The fourth-order valence-corrected chi connectivity index (χ4v) is 3.66. The molecule has 0 fully saturated rings. The fraction of sp³-hybridized carbons (Fsp3) is 0.280. The quantitative estimate of drug-likeness (QED) is 0.439. The van der Waals surface area contributed by atoms with Gasteiger partial charge in [-0.1, -0.05) is 17.2 Å². The van der Waals surface area contributed by atoms with Gasteiger partial charge in [-0.25, -0.2) is 9.59 Å². The molecule has 1 aliphatic heterocycles. The van der Waals surface area contributed by atoms with Gasteiger partial charge in [0.1, 0.15) is 5.60 Å². The summed E-state index contributed by atoms with van der Waals surface area (Å²) in [7, 11) is 0. The van der Waals surface area contributed by atoms with Crippen LogP contribution in [0.2, 0.25) is 0 Å². The molecular formula is C25H25N3O6. The summed E-state index contributed by atoms with van der Waals surface area (Å²) in [6.45, 7) is 6.53. The van der Waals surface area contributed by atoms with Crippen molar-refractivity contribution in [3.63, 3.8) is 0 Å². The number of alkyl carbamates (subject to hydrolysis) is 1. The second-order valence-corrected chi connectivity index (χ2v) is 8.89. The SMILES string of the molecule is CC(C)(C)OC(=O)NCCCn1ccc2cc(C(=O)ON3C(=O)c4ccccc4C3=O)ccc21. The van der Waals surface area contributed by atoms with Crippen LogP contribution in [0, 0.1) is 0 Å². The number of fused-ring (bicyclic) bond motifs is 2. The first-order valence-corrected chi connectivity index (χ1v) is 10.9. The molecule has 9 nitrogen and oxygen atoms in total. The van der Waals surface area contributed by atoms with Crippen LogP contribution >= 0.6 is 0 Å². The second kappa shape index (κ2) is 9.01. The number of rotatable bonds is 6. The average molecular weight is 463 g/mol. The van der Waals surface area contributed by atoms with Crippen molar-refractivity contribution in [3.05, 3.63) is 71.4 Å². The Labute approximate surface area is 196 Å². The first-order valence-electron chi connectivity index (χ1n) is 10.9. The first-order chi connectivity index (χ1) is 16.1. The minimum absolute atomic E-state index is 0.203. The van der Waals surface area contributed by atoms with Crippen molar-refractivity contribution < 1.29 is 28.8 Å². The van der Waals surface area contributed by atoms with Gasteiger partial charge in [0.2, 0.25) is 0 Å². The van der Waals surface area contributed by atoms with Gasteiger partial charge in [0.15, 0.2) is 0 Å². The Morgan fingerprint density at radius 3 is 2.29 bits per heavy atom. The number of hydrogen-bond donors (Lipinski definition) is 1. The van der Waals surface area contributed by atoms with Crippen molar-refractivity contribution in [1.29, 1.82) is 0 Å². The topological polar surface area (TPSA) is 107 Å². The number of nitrogens with one attached hydrogen (secondary N) is 1. The standard InChI is InChI=1S/C25H25N3O6/c1-25(2,3)33-24(32)26-12-6-13-27-14-11-16-15-17(9-10-20(16)27)23(31)34-28-21(29)18-7-4-5-8-19(18)22(28)30/h4-5,7-11,14-15H,6,12-13H2,1-3H3,(H,26,32). The van der Waals surface area contributed by atoms with E-state index in [2.05, 4.69) is 5.32 Å². The van der Waals surface area contributed by atoms with Crippen LogP contribution in [0.25, 0.3) is 10.9 Å². The molecule has 2 aromatic carbocycles. The minimum Gasteiger partial charge on any atom is -0.444 e. The van der Waals surface area contributed by atoms with E-state index in [4.69, 9.17) is 9.57 Å². The maximum absolute atomic E-state index is 12.6. The molecule has 2 heterocycles. The van der Waals surface area contributed by atoms with Crippen molar-refractivity contribution >= 4 is 34.8 Å². The van der Waals surface area contributed by atoms with E-state index in [-0.39, 0.29) is 16.7 Å². The molecule has 34 heavy (non-hydrogen) atoms. The molecule has 176 valence electrons. The second-order valence-electron chi connectivity index (χ2n) is 8.89. The van der Waals surface area contributed by atoms with Crippen molar-refractivity contribution in [3.8, 4) is 0 Å². The van der Waals surface area contributed by atoms with Crippen LogP contribution in [0.3, 0.4) is 0 Å². The third-order valence-corrected chi connectivity index (χ3v) is 5.18. The number of carbonyl (C=O) groups excluding carboxylic acids is 4. The number of amides is 3. The van der Waals surface area contributed by atoms with Gasteiger partial charge >= 0.3 is 12.1 Å². The summed E-state index contributed by atoms with van der Waals surface area (Å²) >= 11 is 0. The molecular weight excluding hydrogens is 438 g/mol. The van der Waals surface area contributed by atoms with Crippen LogP contribution in [-0.4, -0.2) is 45.7 Å². The third kappa shape index (κ3) is 4.78. The highest BCUT2D eigenvalue weighted by molar-refractivity contribution is 6.21. The summed E-state index contributed by atoms with van der Waals surface area (Å²) in [5, 5.41) is 4.03. The Hall–Kier alpha value is -4.14. The van der Waals surface area contributed by atoms with E-state index in [1.807, 2.05) is 37.6 Å². The molecule has 3 aromatic rings. The van der Waals surface area contributed by atoms with E-state index < -0.39 is 29.5 Å². The van der Waals surface area contributed by atoms with Crippen LogP contribution in [0.1, 0.15) is 58.3 Å². The zero-order chi connectivity index (χ0) is 24.5. The minimum atomic E-state index is -0.800. The number of hydroxylamine groups is 2. The van der Waals surface area contributed by atoms with Crippen molar-refractivity contribution in [1.82, 2.24) is 14.9 Å². The highest BCUT2D eigenvalue weighted by Crippen LogP contribution is 2.24. The van der Waals surface area contributed by atoms with Gasteiger partial charge in [-0.2, -0.15) is 0 Å². The van der Waals surface area contributed by atoms with Gasteiger partial charge in [0.05, 0.1) is 16.7 Å². The number of benzene rings is 2. The van der Waals surface area contributed by atoms with Crippen LogP contribution in [0.5, 0.6) is 0 Å². The van der Waals surface area contributed by atoms with E-state index in [1.54, 1.807) is 30.3 Å². The molecule has 0 saturated heterocycles. The van der Waals surface area contributed by atoms with Crippen LogP contribution < -0.4 is 5.32 Å². The Balaban J connectivity index is 1.37. The predicted octanol–water partition coefficient (Wildman–Crippen LogP) is 3.92. The largest absolute Gasteiger partial charge is 0.444 e. The first kappa shape index (κ1) is 23.0. The molecule has 0 radical (unpaired) electrons. The average Bonchev–Trinajstić information content (AvgIpc) is 3.29. The molecule has 1 aliphatic rings. The van der Waals surface area contributed by atoms with E-state index in [9.17, 15) is 19.2 Å². The Kier molecular flexibility index (Phi) is 6.10. The molecule has 0 atom stereocenters. The zero-order valence-electron chi connectivity index (χ0n) is 19.2. The molecule has 0 aliphatic carbocycles. The summed E-state index contributed by atoms with van der Waals surface area (Å²) in [5.74, 6) is -2.13. The Morgan fingerprint density at radius 1 is 0.971 bits per heavy atom. The lowest BCUT2D eigenvalue weighted by molar-refractivity contribution is -0.0584. The van der Waals surface area contributed by atoms with Gasteiger partial charge < -0.3 is 19.5 Å². The molecule has 0 spiro atoms. The summed E-state index contributed by atoms with van der Waals surface area (Å²) < 4.78 is 7.22. The van der Waals surface area contributed by atoms with Gasteiger partial charge in [0, 0.05) is 30.2 Å². The number of imide groups is 1. The van der Waals surface area contributed by atoms with Crippen molar-refractivity contribution in [2.45, 2.75) is 39.3 Å². The number of ether oxygens (including phenoxy) is 1. The smallest absolute Gasteiger partial charge is 0.407 e. The lowest BCUT2D eigenvalue weighted by atomic mass is 10.1. The third-order valence-electron chi connectivity index (χ3n) is 5.18. The normalized spacial score (nSPS) is 13.2. The molecule has 3 amide bonds. The fourth-order valence-electron chi connectivity index (χ4n) is 3.66. The molecule has 1 N–H and O–H groups in total. The molecule has 0 unspecified atom stereocenters. The summed E-state index contributed by atoms with van der Waals surface area (Å²) in [5.41, 5.74) is 0.977. The number of carbonyl (C=O) groups is 4. The van der Waals surface area contributed by atoms with E-state index in [0.717, 1.165) is 10.9 Å². The summed E-state index contributed by atoms with van der Waals surface area (Å²) in [6, 6.07) is 13.2. The number of hydrogen-bond acceptors (Lipinski definition) is 6. The van der Waals surface area contributed by atoms with E-state index >= 15 is 0 Å². The van der Waals surface area contributed by atoms with Crippen LogP contribution in [-0.2, 0) is 16.1 Å². The maximum atomic E-state index is 12.6. The van der Waals surface area contributed by atoms with Gasteiger partial charge in [0.25, 0.3) is 11.8 Å².